The van der Waals surface area contributed by atoms with Crippen molar-refractivity contribution in [3.8, 4) is 0 Å². The number of nitrogens with one attached hydrogen (secondary N) is 2. The van der Waals surface area contributed by atoms with Gasteiger partial charge in [-0.25, -0.2) is 13.1 Å². The Bertz CT molecular complexity index is 690. The molecule has 12 heteroatoms. The van der Waals surface area contributed by atoms with Crippen LogP contribution >= 0.6 is 24.0 Å². The first kappa shape index (κ1) is 26.6. The molecule has 3 fully saturated rings. The van der Waals surface area contributed by atoms with E-state index in [2.05, 4.69) is 24.8 Å². The van der Waals surface area contributed by atoms with Crippen LogP contribution in [-0.2, 0) is 19.6 Å². The molecule has 0 aromatic rings. The zero-order chi connectivity index (χ0) is 21.4. The molecule has 2 N–H and O–H groups in total. The maximum Gasteiger partial charge on any atom is 0.236 e. The summed E-state index contributed by atoms with van der Waals surface area (Å²) in [6, 6.07) is 0. The summed E-state index contributed by atoms with van der Waals surface area (Å²) in [5.74, 6) is 1.41. The number of rotatable bonds is 8. The Morgan fingerprint density at radius 3 is 2.32 bits per heavy atom. The number of piperazine rings is 1. The van der Waals surface area contributed by atoms with Gasteiger partial charge in [0.2, 0.25) is 15.9 Å². The summed E-state index contributed by atoms with van der Waals surface area (Å²) in [6.45, 7) is 6.96. The molecule has 31 heavy (non-hydrogen) atoms. The highest BCUT2D eigenvalue weighted by Gasteiger charge is 2.24. The van der Waals surface area contributed by atoms with Gasteiger partial charge >= 0.3 is 0 Å². The lowest BCUT2D eigenvalue weighted by molar-refractivity contribution is -0.136. The van der Waals surface area contributed by atoms with Crippen molar-refractivity contribution in [1.82, 2.24) is 24.7 Å². The summed E-state index contributed by atoms with van der Waals surface area (Å²) in [5.41, 5.74) is 0. The third kappa shape index (κ3) is 8.63. The average Bonchev–Trinajstić information content (AvgIpc) is 2.71. The highest BCUT2D eigenvalue weighted by molar-refractivity contribution is 14.0. The number of ether oxygens (including phenoxy) is 1. The van der Waals surface area contributed by atoms with Crippen LogP contribution < -0.4 is 10.0 Å². The molecule has 0 aromatic carbocycles. The lowest BCUT2D eigenvalue weighted by atomic mass is 9.86. The van der Waals surface area contributed by atoms with Crippen molar-refractivity contribution in [1.29, 1.82) is 0 Å². The lowest BCUT2D eigenvalue weighted by Gasteiger charge is -2.37. The van der Waals surface area contributed by atoms with E-state index in [9.17, 15) is 13.2 Å². The van der Waals surface area contributed by atoms with E-state index in [0.717, 1.165) is 39.0 Å². The Hall–Kier alpha value is -0.700. The molecule has 2 aliphatic heterocycles. The number of amides is 1. The largest absolute Gasteiger partial charge is 0.378 e. The van der Waals surface area contributed by atoms with Gasteiger partial charge < -0.3 is 19.9 Å². The van der Waals surface area contributed by atoms with Gasteiger partial charge in [0.25, 0.3) is 0 Å². The van der Waals surface area contributed by atoms with E-state index in [1.807, 2.05) is 4.90 Å². The van der Waals surface area contributed by atoms with E-state index >= 15 is 0 Å². The quantitative estimate of drug-likeness (QED) is 0.227. The van der Waals surface area contributed by atoms with Crippen LogP contribution in [-0.4, -0.2) is 120 Å². The number of carbonyl (C=O) groups excluding carboxylic acids is 1. The van der Waals surface area contributed by atoms with Crippen molar-refractivity contribution in [2.45, 2.75) is 19.3 Å². The fraction of sp³-hybridized carbons (Fsp3) is 0.895. The highest BCUT2D eigenvalue weighted by Crippen LogP contribution is 2.25. The van der Waals surface area contributed by atoms with Gasteiger partial charge in [-0.3, -0.25) is 14.7 Å². The molecular formula is C19H37IN6O4S. The number of nitrogens with zero attached hydrogens (tertiary/aromatic N) is 4. The van der Waals surface area contributed by atoms with Crippen molar-refractivity contribution < 1.29 is 17.9 Å². The topological polar surface area (TPSA) is 107 Å². The molecule has 0 radical (unpaired) electrons. The van der Waals surface area contributed by atoms with Gasteiger partial charge in [-0.15, -0.1) is 24.0 Å². The van der Waals surface area contributed by atoms with Crippen LogP contribution in [0.4, 0.5) is 0 Å². The Labute approximate surface area is 203 Å². The smallest absolute Gasteiger partial charge is 0.236 e. The number of morpholine rings is 1. The molecule has 0 unspecified atom stereocenters. The van der Waals surface area contributed by atoms with Crippen LogP contribution in [0.1, 0.15) is 19.3 Å². The minimum atomic E-state index is -3.27. The summed E-state index contributed by atoms with van der Waals surface area (Å²) in [4.78, 5) is 22.9. The molecule has 2 heterocycles. The van der Waals surface area contributed by atoms with Gasteiger partial charge in [-0.2, -0.15) is 0 Å². The molecule has 0 spiro atoms. The summed E-state index contributed by atoms with van der Waals surface area (Å²) in [5, 5.41) is 3.17. The molecule has 0 aromatic heterocycles. The zero-order valence-corrected chi connectivity index (χ0v) is 21.6. The third-order valence-electron chi connectivity index (χ3n) is 6.08. The van der Waals surface area contributed by atoms with Gasteiger partial charge in [0.15, 0.2) is 5.96 Å². The Balaban J connectivity index is 0.00000341. The van der Waals surface area contributed by atoms with E-state index in [1.165, 1.54) is 6.42 Å². The Morgan fingerprint density at radius 2 is 1.74 bits per heavy atom. The van der Waals surface area contributed by atoms with Crippen molar-refractivity contribution in [3.63, 3.8) is 0 Å². The second-order valence-electron chi connectivity index (χ2n) is 8.19. The molecule has 2 saturated heterocycles. The molecule has 1 amide bonds. The molecule has 180 valence electrons. The minimum absolute atomic E-state index is 0. The van der Waals surface area contributed by atoms with Crippen LogP contribution in [0.5, 0.6) is 0 Å². The van der Waals surface area contributed by atoms with Gasteiger partial charge in [0.05, 0.1) is 25.5 Å². The molecule has 3 rings (SSSR count). The second-order valence-corrected chi connectivity index (χ2v) is 10.1. The van der Waals surface area contributed by atoms with E-state index in [0.29, 0.717) is 57.8 Å². The molecule has 1 saturated carbocycles. The van der Waals surface area contributed by atoms with E-state index in [1.54, 1.807) is 7.05 Å². The number of hydrogen-bond donors (Lipinski definition) is 2. The van der Waals surface area contributed by atoms with Gasteiger partial charge in [0, 0.05) is 59.4 Å². The summed E-state index contributed by atoms with van der Waals surface area (Å²) >= 11 is 0. The minimum Gasteiger partial charge on any atom is -0.378 e. The summed E-state index contributed by atoms with van der Waals surface area (Å²) in [7, 11) is -1.56. The first-order chi connectivity index (χ1) is 14.5. The average molecular weight is 573 g/mol. The number of aliphatic imine (C=N–C) groups is 1. The standard InChI is InChI=1S/C19H36N6O4S.HI/c1-20-19(21-5-14-30(27,28)22-15-17-3-2-4-17)25-8-6-23(7-9-25)16-18(26)24-10-12-29-13-11-24;/h17,22H,2-16H2,1H3,(H,20,21);1H. The van der Waals surface area contributed by atoms with Crippen LogP contribution in [0.3, 0.4) is 0 Å². The molecular weight excluding hydrogens is 535 g/mol. The van der Waals surface area contributed by atoms with E-state index in [-0.39, 0.29) is 35.6 Å². The van der Waals surface area contributed by atoms with Crippen molar-refractivity contribution in [2.75, 3.05) is 84.9 Å². The van der Waals surface area contributed by atoms with Crippen molar-refractivity contribution in [3.05, 3.63) is 0 Å². The molecule has 3 aliphatic rings. The SMILES string of the molecule is CN=C(NCCS(=O)(=O)NCC1CCC1)N1CCN(CC(=O)N2CCOCC2)CC1.I. The Morgan fingerprint density at radius 1 is 1.06 bits per heavy atom. The summed E-state index contributed by atoms with van der Waals surface area (Å²) in [6.07, 6.45) is 3.45. The highest BCUT2D eigenvalue weighted by atomic mass is 127. The number of halogens is 1. The molecule has 0 bridgehead atoms. The molecule has 0 atom stereocenters. The van der Waals surface area contributed by atoms with E-state index in [4.69, 9.17) is 4.74 Å². The van der Waals surface area contributed by atoms with Gasteiger partial charge in [-0.05, 0) is 18.8 Å². The zero-order valence-electron chi connectivity index (χ0n) is 18.4. The van der Waals surface area contributed by atoms with Crippen molar-refractivity contribution in [2.24, 2.45) is 10.9 Å². The first-order valence-electron chi connectivity index (χ1n) is 11.0. The van der Waals surface area contributed by atoms with Crippen LogP contribution in [0.15, 0.2) is 4.99 Å². The fourth-order valence-corrected chi connectivity index (χ4v) is 4.87. The number of guanidine groups is 1. The first-order valence-corrected chi connectivity index (χ1v) is 12.6. The normalized spacial score (nSPS) is 21.4. The maximum absolute atomic E-state index is 12.4. The third-order valence-corrected chi connectivity index (χ3v) is 7.42. The van der Waals surface area contributed by atoms with E-state index < -0.39 is 10.0 Å². The number of carbonyl (C=O) groups is 1. The number of hydrogen-bond acceptors (Lipinski definition) is 6. The predicted octanol–water partition coefficient (Wildman–Crippen LogP) is -0.624. The van der Waals surface area contributed by atoms with Crippen LogP contribution in [0, 0.1) is 5.92 Å². The summed E-state index contributed by atoms with van der Waals surface area (Å²) < 4.78 is 32.3. The van der Waals surface area contributed by atoms with Gasteiger partial charge in [0.1, 0.15) is 0 Å². The lowest BCUT2D eigenvalue weighted by Crippen LogP contribution is -2.55. The maximum atomic E-state index is 12.4. The second kappa shape index (κ2) is 13.1. The fourth-order valence-electron chi connectivity index (χ4n) is 3.87. The monoisotopic (exact) mass is 572 g/mol. The van der Waals surface area contributed by atoms with Gasteiger partial charge in [-0.1, -0.05) is 6.42 Å². The van der Waals surface area contributed by atoms with Crippen molar-refractivity contribution >= 4 is 45.9 Å². The predicted molar refractivity (Wildman–Crippen MR) is 131 cm³/mol. The Kier molecular flexibility index (Phi) is 11.2. The van der Waals surface area contributed by atoms with Crippen LogP contribution in [0.2, 0.25) is 0 Å². The molecule has 1 aliphatic carbocycles. The number of sulfonamides is 1. The molecule has 10 nitrogen and oxygen atoms in total. The van der Waals surface area contributed by atoms with Crippen LogP contribution in [0.25, 0.3) is 0 Å².